The number of esters is 1. The lowest BCUT2D eigenvalue weighted by Gasteiger charge is -2.19. The number of amides is 2. The Bertz CT molecular complexity index is 737. The van der Waals surface area contributed by atoms with Crippen molar-refractivity contribution in [1.29, 1.82) is 0 Å². The molecule has 1 unspecified atom stereocenters. The van der Waals surface area contributed by atoms with Gasteiger partial charge in [-0.15, -0.1) is 11.3 Å². The Morgan fingerprint density at radius 2 is 2.17 bits per heavy atom. The normalized spacial score (nSPS) is 22.3. The molecule has 9 heteroatoms. The van der Waals surface area contributed by atoms with Gasteiger partial charge in [-0.05, 0) is 24.9 Å². The van der Waals surface area contributed by atoms with Gasteiger partial charge in [0.15, 0.2) is 5.69 Å². The third kappa shape index (κ3) is 2.41. The fourth-order valence-corrected chi connectivity index (χ4v) is 3.53. The second-order valence-corrected chi connectivity index (χ2v) is 6.45. The third-order valence-corrected chi connectivity index (χ3v) is 5.06. The highest BCUT2D eigenvalue weighted by atomic mass is 32.1. The predicted molar refractivity (Wildman–Crippen MR) is 83.4 cm³/mol. The zero-order chi connectivity index (χ0) is 16.8. The molecule has 0 saturated heterocycles. The molecule has 0 bridgehead atoms. The van der Waals surface area contributed by atoms with Gasteiger partial charge in [-0.2, -0.15) is 4.79 Å². The molecule has 2 N–H and O–H groups in total. The van der Waals surface area contributed by atoms with Gasteiger partial charge in [0.1, 0.15) is 16.3 Å². The monoisotopic (exact) mass is 338 g/mol. The molecule has 1 aromatic rings. The minimum Gasteiger partial charge on any atom is -0.465 e. The van der Waals surface area contributed by atoms with Crippen molar-refractivity contribution >= 4 is 40.8 Å². The Morgan fingerprint density at radius 1 is 1.48 bits per heavy atom. The standard InChI is InChI=1S/C14H15N3O5S/c1-3-17(14(20)21)8-6-9(13(19)22-2)23-10(8)11(16-17)15-12(18)7-4-5-7/h6-7H,3-5H2,1-2H3,(H-,15,16,18,20,21)/p+1. The van der Waals surface area contributed by atoms with Crippen LogP contribution >= 0.6 is 11.3 Å². The number of thiophene rings is 1. The van der Waals surface area contributed by atoms with Crippen LogP contribution in [0.4, 0.5) is 10.5 Å². The molecule has 8 nitrogen and oxygen atoms in total. The molecule has 2 heterocycles. The number of hydrogen-bond donors (Lipinski definition) is 2. The summed E-state index contributed by atoms with van der Waals surface area (Å²) >= 11 is 1.07. The van der Waals surface area contributed by atoms with Crippen molar-refractivity contribution in [3.05, 3.63) is 15.8 Å². The number of nitrogens with one attached hydrogen (secondary N) is 1. The SMILES string of the molecule is CC[N+]1(C(=O)O)N=C(NC(=O)C2CC2)c2sc(C(=O)OC)cc21. The number of carboxylic acid groups (broad SMARTS) is 1. The van der Waals surface area contributed by atoms with Gasteiger partial charge in [0.2, 0.25) is 11.7 Å². The van der Waals surface area contributed by atoms with Gasteiger partial charge in [0.25, 0.3) is 0 Å². The Labute approximate surface area is 135 Å². The molecule has 3 rings (SSSR count). The molecule has 1 saturated carbocycles. The molecule has 1 aliphatic carbocycles. The van der Waals surface area contributed by atoms with E-state index < -0.39 is 16.7 Å². The first-order valence-electron chi connectivity index (χ1n) is 7.18. The highest BCUT2D eigenvalue weighted by Gasteiger charge is 2.50. The number of amidine groups is 1. The number of carbonyl (C=O) groups is 3. The summed E-state index contributed by atoms with van der Waals surface area (Å²) in [7, 11) is 1.26. The van der Waals surface area contributed by atoms with E-state index in [4.69, 9.17) is 0 Å². The fourth-order valence-electron chi connectivity index (χ4n) is 2.47. The van der Waals surface area contributed by atoms with Gasteiger partial charge in [0.05, 0.1) is 7.11 Å². The lowest BCUT2D eigenvalue weighted by molar-refractivity contribution is -0.120. The van der Waals surface area contributed by atoms with Gasteiger partial charge in [0, 0.05) is 12.0 Å². The van der Waals surface area contributed by atoms with Gasteiger partial charge >= 0.3 is 12.1 Å². The lowest BCUT2D eigenvalue weighted by atomic mass is 10.3. The number of carbonyl (C=O) groups excluding carboxylic acids is 2. The van der Waals surface area contributed by atoms with E-state index in [0.717, 1.165) is 24.2 Å². The van der Waals surface area contributed by atoms with Crippen LogP contribution < -0.4 is 9.91 Å². The summed E-state index contributed by atoms with van der Waals surface area (Å²) in [6.45, 7) is 1.84. The van der Waals surface area contributed by atoms with Crippen LogP contribution in [0.2, 0.25) is 0 Å². The maximum Gasteiger partial charge on any atom is 0.546 e. The molecule has 23 heavy (non-hydrogen) atoms. The number of rotatable bonds is 3. The molecule has 0 spiro atoms. The van der Waals surface area contributed by atoms with Crippen LogP contribution in [0.15, 0.2) is 11.2 Å². The first-order valence-corrected chi connectivity index (χ1v) is 8.00. The van der Waals surface area contributed by atoms with E-state index in [1.807, 2.05) is 0 Å². The quantitative estimate of drug-likeness (QED) is 0.645. The van der Waals surface area contributed by atoms with Crippen molar-refractivity contribution in [1.82, 2.24) is 9.91 Å². The molecule has 1 atom stereocenters. The second kappa shape index (κ2) is 5.43. The molecule has 1 fully saturated rings. The average Bonchev–Trinajstić information content (AvgIpc) is 3.22. The second-order valence-electron chi connectivity index (χ2n) is 5.40. The molecule has 0 radical (unpaired) electrons. The molecular weight excluding hydrogens is 322 g/mol. The van der Waals surface area contributed by atoms with Crippen LogP contribution in [0, 0.1) is 5.92 Å². The number of quaternary nitrogens is 1. The van der Waals surface area contributed by atoms with Crippen molar-refractivity contribution in [3.63, 3.8) is 0 Å². The number of hydrogen-bond acceptors (Lipinski definition) is 6. The fraction of sp³-hybridized carbons (Fsp3) is 0.429. The predicted octanol–water partition coefficient (Wildman–Crippen LogP) is 1.74. The van der Waals surface area contributed by atoms with Gasteiger partial charge in [-0.1, -0.05) is 4.59 Å². The summed E-state index contributed by atoms with van der Waals surface area (Å²) in [6, 6.07) is 1.48. The zero-order valence-corrected chi connectivity index (χ0v) is 13.5. The molecule has 2 amide bonds. The third-order valence-electron chi connectivity index (χ3n) is 3.95. The van der Waals surface area contributed by atoms with Gasteiger partial charge < -0.3 is 15.2 Å². The maximum absolute atomic E-state index is 12.0. The van der Waals surface area contributed by atoms with E-state index in [1.54, 1.807) is 6.92 Å². The van der Waals surface area contributed by atoms with Crippen molar-refractivity contribution in [2.24, 2.45) is 11.0 Å². The van der Waals surface area contributed by atoms with Crippen molar-refractivity contribution in [2.45, 2.75) is 19.8 Å². The maximum atomic E-state index is 12.0. The van der Waals surface area contributed by atoms with E-state index in [-0.39, 0.29) is 29.1 Å². The van der Waals surface area contributed by atoms with Crippen LogP contribution in [0.25, 0.3) is 0 Å². The van der Waals surface area contributed by atoms with Crippen LogP contribution in [0.1, 0.15) is 34.3 Å². The van der Waals surface area contributed by atoms with Crippen LogP contribution in [-0.2, 0) is 9.53 Å². The van der Waals surface area contributed by atoms with Gasteiger partial charge in [-0.25, -0.2) is 4.79 Å². The first-order chi connectivity index (χ1) is 10.9. The topological polar surface area (TPSA) is 105 Å². The Hall–Kier alpha value is -2.26. The molecule has 1 aromatic heterocycles. The lowest BCUT2D eigenvalue weighted by Crippen LogP contribution is -2.47. The van der Waals surface area contributed by atoms with Crippen molar-refractivity contribution in [3.8, 4) is 0 Å². The first kappa shape index (κ1) is 15.6. The highest BCUT2D eigenvalue weighted by Crippen LogP contribution is 2.41. The van der Waals surface area contributed by atoms with E-state index in [1.165, 1.54) is 13.2 Å². The number of nitrogens with zero attached hydrogens (tertiary/aromatic N) is 2. The molecule has 2 aliphatic rings. The number of methoxy groups -OCH3 is 1. The van der Waals surface area contributed by atoms with Crippen molar-refractivity contribution < 1.29 is 24.2 Å². The highest BCUT2D eigenvalue weighted by molar-refractivity contribution is 7.16. The summed E-state index contributed by atoms with van der Waals surface area (Å²) < 4.78 is 4.00. The van der Waals surface area contributed by atoms with Crippen LogP contribution in [0.5, 0.6) is 0 Å². The summed E-state index contributed by atoms with van der Waals surface area (Å²) in [4.78, 5) is 36.3. The Kier molecular flexibility index (Phi) is 3.69. The smallest absolute Gasteiger partial charge is 0.465 e. The number of ether oxygens (including phenoxy) is 1. The van der Waals surface area contributed by atoms with Crippen LogP contribution in [0.3, 0.4) is 0 Å². The van der Waals surface area contributed by atoms with E-state index in [9.17, 15) is 19.5 Å². The average molecular weight is 338 g/mol. The number of fused-ring (bicyclic) bond motifs is 1. The minimum atomic E-state index is -1.17. The summed E-state index contributed by atoms with van der Waals surface area (Å²) in [5, 5.41) is 16.6. The molecule has 122 valence electrons. The summed E-state index contributed by atoms with van der Waals surface area (Å²) in [5.41, 5.74) is 0.372. The van der Waals surface area contributed by atoms with Crippen molar-refractivity contribution in [2.75, 3.05) is 13.7 Å². The van der Waals surface area contributed by atoms with E-state index >= 15 is 0 Å². The van der Waals surface area contributed by atoms with E-state index in [0.29, 0.717) is 10.6 Å². The Balaban J connectivity index is 2.05. The zero-order valence-electron chi connectivity index (χ0n) is 12.7. The summed E-state index contributed by atoms with van der Waals surface area (Å²) in [5.74, 6) is -0.530. The molecule has 1 aliphatic heterocycles. The Morgan fingerprint density at radius 3 is 2.70 bits per heavy atom. The summed E-state index contributed by atoms with van der Waals surface area (Å²) in [6.07, 6.45) is 0.492. The van der Waals surface area contributed by atoms with Gasteiger partial charge in [-0.3, -0.25) is 4.79 Å². The molecule has 0 aromatic carbocycles. The van der Waals surface area contributed by atoms with Crippen LogP contribution in [-0.4, -0.2) is 42.6 Å². The minimum absolute atomic E-state index is 0.0323. The van der Waals surface area contributed by atoms with E-state index in [2.05, 4.69) is 15.2 Å². The molecular formula is C14H16N3O5S+. The largest absolute Gasteiger partial charge is 0.546 e.